The minimum atomic E-state index is -0.442. The lowest BCUT2D eigenvalue weighted by molar-refractivity contribution is -0.384. The fraction of sp³-hybridized carbons (Fsp3) is 0.0625. The Morgan fingerprint density at radius 2 is 1.88 bits per heavy atom. The van der Waals surface area contributed by atoms with Gasteiger partial charge in [0.25, 0.3) is 5.69 Å². The smallest absolute Gasteiger partial charge is 0.258 e. The Balaban J connectivity index is 1.92. The van der Waals surface area contributed by atoms with Crippen LogP contribution in [-0.2, 0) is 0 Å². The maximum Gasteiger partial charge on any atom is 0.269 e. The molecule has 1 heterocycles. The van der Waals surface area contributed by atoms with E-state index in [-0.39, 0.29) is 5.69 Å². The summed E-state index contributed by atoms with van der Waals surface area (Å²) in [7, 11) is 0. The Bertz CT molecular complexity index is 955. The molecule has 0 aliphatic heterocycles. The van der Waals surface area contributed by atoms with E-state index in [1.807, 2.05) is 31.2 Å². The van der Waals surface area contributed by atoms with Crippen LogP contribution in [0, 0.1) is 21.8 Å². The molecule has 0 aliphatic carbocycles. The SMILES string of the molecule is Cc1ccc(-c2n[nH]c(=S)n2/N=C\c2ccc([N+](=O)[O-])cc2)cc1. The third-order valence-electron chi connectivity index (χ3n) is 3.39. The topological polar surface area (TPSA) is 89.1 Å². The second kappa shape index (κ2) is 6.55. The first kappa shape index (κ1) is 15.8. The van der Waals surface area contributed by atoms with Crippen LogP contribution in [0.5, 0.6) is 0 Å². The van der Waals surface area contributed by atoms with Gasteiger partial charge in [-0.1, -0.05) is 29.8 Å². The largest absolute Gasteiger partial charge is 0.269 e. The van der Waals surface area contributed by atoms with Gasteiger partial charge in [-0.2, -0.15) is 14.9 Å². The number of aromatic nitrogens is 3. The van der Waals surface area contributed by atoms with Gasteiger partial charge in [0.1, 0.15) is 0 Å². The quantitative estimate of drug-likeness (QED) is 0.340. The van der Waals surface area contributed by atoms with Gasteiger partial charge in [-0.25, -0.2) is 5.10 Å². The molecule has 0 amide bonds. The highest BCUT2D eigenvalue weighted by atomic mass is 32.1. The zero-order chi connectivity index (χ0) is 17.1. The van der Waals surface area contributed by atoms with Crippen molar-refractivity contribution in [1.82, 2.24) is 14.9 Å². The zero-order valence-electron chi connectivity index (χ0n) is 12.7. The van der Waals surface area contributed by atoms with Gasteiger partial charge in [-0.3, -0.25) is 10.1 Å². The van der Waals surface area contributed by atoms with Crippen LogP contribution in [0.3, 0.4) is 0 Å². The molecule has 3 rings (SSSR count). The number of hydrogen-bond acceptors (Lipinski definition) is 5. The summed E-state index contributed by atoms with van der Waals surface area (Å²) in [4.78, 5) is 10.2. The number of nitro groups is 1. The predicted molar refractivity (Wildman–Crippen MR) is 93.7 cm³/mol. The van der Waals surface area contributed by atoms with Crippen molar-refractivity contribution in [2.24, 2.45) is 5.10 Å². The molecule has 0 spiro atoms. The minimum absolute atomic E-state index is 0.0346. The van der Waals surface area contributed by atoms with Gasteiger partial charge in [0.15, 0.2) is 5.82 Å². The molecule has 0 bridgehead atoms. The average Bonchev–Trinajstić information content (AvgIpc) is 2.95. The van der Waals surface area contributed by atoms with E-state index in [2.05, 4.69) is 15.3 Å². The monoisotopic (exact) mass is 339 g/mol. The molecule has 120 valence electrons. The van der Waals surface area contributed by atoms with E-state index in [9.17, 15) is 10.1 Å². The van der Waals surface area contributed by atoms with E-state index in [4.69, 9.17) is 12.2 Å². The highest BCUT2D eigenvalue weighted by Gasteiger charge is 2.08. The Labute approximate surface area is 142 Å². The van der Waals surface area contributed by atoms with Crippen LogP contribution >= 0.6 is 12.2 Å². The fourth-order valence-electron chi connectivity index (χ4n) is 2.09. The van der Waals surface area contributed by atoms with Crippen molar-refractivity contribution in [2.45, 2.75) is 6.92 Å². The van der Waals surface area contributed by atoms with Crippen LogP contribution in [0.2, 0.25) is 0 Å². The van der Waals surface area contributed by atoms with Crippen molar-refractivity contribution in [3.8, 4) is 11.4 Å². The minimum Gasteiger partial charge on any atom is -0.258 e. The van der Waals surface area contributed by atoms with Crippen LogP contribution in [0.15, 0.2) is 53.6 Å². The lowest BCUT2D eigenvalue weighted by Gasteiger charge is -2.01. The van der Waals surface area contributed by atoms with Gasteiger partial charge < -0.3 is 0 Å². The molecule has 2 aromatic carbocycles. The molecule has 7 nitrogen and oxygen atoms in total. The predicted octanol–water partition coefficient (Wildman–Crippen LogP) is 3.71. The first-order valence-electron chi connectivity index (χ1n) is 7.08. The van der Waals surface area contributed by atoms with E-state index in [1.165, 1.54) is 16.8 Å². The van der Waals surface area contributed by atoms with E-state index < -0.39 is 4.92 Å². The molecule has 0 saturated carbocycles. The highest BCUT2D eigenvalue weighted by Crippen LogP contribution is 2.18. The summed E-state index contributed by atoms with van der Waals surface area (Å²) < 4.78 is 1.88. The van der Waals surface area contributed by atoms with Gasteiger partial charge in [-0.05, 0) is 36.8 Å². The molecule has 0 aliphatic rings. The molecule has 24 heavy (non-hydrogen) atoms. The van der Waals surface area contributed by atoms with Crippen molar-refractivity contribution in [1.29, 1.82) is 0 Å². The number of aromatic amines is 1. The highest BCUT2D eigenvalue weighted by molar-refractivity contribution is 7.71. The van der Waals surface area contributed by atoms with Crippen molar-refractivity contribution < 1.29 is 4.92 Å². The second-order valence-corrected chi connectivity index (χ2v) is 5.51. The number of non-ortho nitro benzene ring substituents is 1. The molecule has 1 N–H and O–H groups in total. The lowest BCUT2D eigenvalue weighted by atomic mass is 10.1. The molecule has 0 atom stereocenters. The number of H-pyrrole nitrogens is 1. The van der Waals surface area contributed by atoms with Gasteiger partial charge in [0.2, 0.25) is 4.77 Å². The summed E-state index contributed by atoms with van der Waals surface area (Å²) in [6.07, 6.45) is 1.58. The maximum absolute atomic E-state index is 10.7. The molecule has 0 unspecified atom stereocenters. The van der Waals surface area contributed by atoms with Gasteiger partial charge in [0, 0.05) is 17.7 Å². The van der Waals surface area contributed by atoms with Gasteiger partial charge >= 0.3 is 0 Å². The van der Waals surface area contributed by atoms with Crippen molar-refractivity contribution in [2.75, 3.05) is 0 Å². The second-order valence-electron chi connectivity index (χ2n) is 5.12. The zero-order valence-corrected chi connectivity index (χ0v) is 13.5. The van der Waals surface area contributed by atoms with Crippen LogP contribution in [0.25, 0.3) is 11.4 Å². The third-order valence-corrected chi connectivity index (χ3v) is 3.65. The molecule has 0 saturated heterocycles. The number of rotatable bonds is 4. The van der Waals surface area contributed by atoms with E-state index >= 15 is 0 Å². The number of benzene rings is 2. The van der Waals surface area contributed by atoms with Crippen LogP contribution in [0.1, 0.15) is 11.1 Å². The first-order chi connectivity index (χ1) is 11.5. The summed E-state index contributed by atoms with van der Waals surface area (Å²) in [6, 6.07) is 14.0. The number of nitrogens with one attached hydrogen (secondary N) is 1. The van der Waals surface area contributed by atoms with Gasteiger partial charge in [0.05, 0.1) is 11.1 Å². The number of nitrogens with zero attached hydrogens (tertiary/aromatic N) is 4. The summed E-state index contributed by atoms with van der Waals surface area (Å²) in [5.41, 5.74) is 2.79. The van der Waals surface area contributed by atoms with Gasteiger partial charge in [-0.15, -0.1) is 0 Å². The molecule has 0 radical (unpaired) electrons. The van der Waals surface area contributed by atoms with Crippen molar-refractivity contribution in [3.63, 3.8) is 0 Å². The molecular weight excluding hydrogens is 326 g/mol. The summed E-state index contributed by atoms with van der Waals surface area (Å²) >= 11 is 5.21. The number of hydrogen-bond donors (Lipinski definition) is 1. The molecular formula is C16H13N5O2S. The third kappa shape index (κ3) is 3.28. The molecule has 0 fully saturated rings. The fourth-order valence-corrected chi connectivity index (χ4v) is 2.27. The lowest BCUT2D eigenvalue weighted by Crippen LogP contribution is -1.95. The number of nitro benzene ring substituents is 1. The standard InChI is InChI=1S/C16H13N5O2S/c1-11-2-6-13(7-3-11)15-18-19-16(24)20(15)17-10-12-4-8-14(9-5-12)21(22)23/h2-10H,1H3,(H,19,24)/b17-10-. The Morgan fingerprint density at radius 1 is 1.21 bits per heavy atom. The van der Waals surface area contributed by atoms with E-state index in [0.717, 1.165) is 16.7 Å². The Morgan fingerprint density at radius 3 is 2.50 bits per heavy atom. The summed E-state index contributed by atoms with van der Waals surface area (Å²) in [5.74, 6) is 0.596. The van der Waals surface area contributed by atoms with Crippen molar-refractivity contribution >= 4 is 24.1 Å². The number of aryl methyl sites for hydroxylation is 1. The Hall–Kier alpha value is -3.13. The Kier molecular flexibility index (Phi) is 4.30. The molecule has 1 aromatic heterocycles. The van der Waals surface area contributed by atoms with Crippen LogP contribution < -0.4 is 0 Å². The maximum atomic E-state index is 10.7. The van der Waals surface area contributed by atoms with E-state index in [0.29, 0.717) is 10.6 Å². The molecule has 8 heteroatoms. The van der Waals surface area contributed by atoms with Crippen LogP contribution in [0.4, 0.5) is 5.69 Å². The average molecular weight is 339 g/mol. The van der Waals surface area contributed by atoms with Crippen LogP contribution in [-0.4, -0.2) is 26.0 Å². The summed E-state index contributed by atoms with van der Waals surface area (Å²) in [6.45, 7) is 2.01. The molecule has 3 aromatic rings. The van der Waals surface area contributed by atoms with Crippen molar-refractivity contribution in [3.05, 3.63) is 74.5 Å². The first-order valence-corrected chi connectivity index (χ1v) is 7.49. The summed E-state index contributed by atoms with van der Waals surface area (Å²) in [5, 5.41) is 21.9. The normalized spacial score (nSPS) is 11.0. The van der Waals surface area contributed by atoms with E-state index in [1.54, 1.807) is 18.3 Å².